The minimum Gasteiger partial charge on any atom is -0.497 e. The predicted molar refractivity (Wildman–Crippen MR) is 106 cm³/mol. The largest absolute Gasteiger partial charge is 0.497 e. The molecule has 0 fully saturated rings. The van der Waals surface area contributed by atoms with Gasteiger partial charge in [-0.15, -0.1) is 0 Å². The number of methoxy groups -OCH3 is 1. The van der Waals surface area contributed by atoms with Gasteiger partial charge >= 0.3 is 0 Å². The average molecular weight is 368 g/mol. The molecule has 144 valence electrons. The Balaban J connectivity index is 1.76. The third-order valence-electron chi connectivity index (χ3n) is 4.52. The summed E-state index contributed by atoms with van der Waals surface area (Å²) in [4.78, 5) is 24.9. The van der Waals surface area contributed by atoms with Crippen LogP contribution in [-0.2, 0) is 22.6 Å². The number of nitrogens with one attached hydrogen (secondary N) is 2. The summed E-state index contributed by atoms with van der Waals surface area (Å²) in [5.74, 6) is 0.210. The van der Waals surface area contributed by atoms with Gasteiger partial charge in [0.25, 0.3) is 0 Å². The number of carbonyl (C=O) groups is 2. The van der Waals surface area contributed by atoms with Crippen molar-refractivity contribution in [3.05, 3.63) is 65.7 Å². The zero-order valence-corrected chi connectivity index (χ0v) is 16.2. The third-order valence-corrected chi connectivity index (χ3v) is 4.52. The van der Waals surface area contributed by atoms with Crippen molar-refractivity contribution in [2.45, 2.75) is 33.2 Å². The van der Waals surface area contributed by atoms with Crippen molar-refractivity contribution in [1.82, 2.24) is 10.6 Å². The van der Waals surface area contributed by atoms with Crippen LogP contribution in [0.4, 0.5) is 0 Å². The summed E-state index contributed by atoms with van der Waals surface area (Å²) in [5.41, 5.74) is 1.06. The van der Waals surface area contributed by atoms with Crippen LogP contribution in [-0.4, -0.2) is 25.5 Å². The van der Waals surface area contributed by atoms with Crippen LogP contribution in [0.1, 0.15) is 31.4 Å². The van der Waals surface area contributed by atoms with E-state index in [1.165, 1.54) is 5.56 Å². The molecule has 0 aliphatic carbocycles. The van der Waals surface area contributed by atoms with Gasteiger partial charge in [-0.3, -0.25) is 9.59 Å². The van der Waals surface area contributed by atoms with Crippen LogP contribution in [0.15, 0.2) is 54.6 Å². The molecule has 0 aliphatic rings. The summed E-state index contributed by atoms with van der Waals surface area (Å²) in [6.07, 6.45) is 1.73. The van der Waals surface area contributed by atoms with E-state index in [0.717, 1.165) is 24.2 Å². The summed E-state index contributed by atoms with van der Waals surface area (Å²) in [6.45, 7) is 4.20. The molecule has 0 saturated carbocycles. The molecular weight excluding hydrogens is 340 g/mol. The molecule has 0 bridgehead atoms. The quantitative estimate of drug-likeness (QED) is 0.528. The van der Waals surface area contributed by atoms with Gasteiger partial charge in [-0.1, -0.05) is 42.5 Å². The summed E-state index contributed by atoms with van der Waals surface area (Å²) in [7, 11) is 1.61. The highest BCUT2D eigenvalue weighted by molar-refractivity contribution is 6.04. The van der Waals surface area contributed by atoms with Crippen LogP contribution in [0.25, 0.3) is 0 Å². The van der Waals surface area contributed by atoms with Gasteiger partial charge in [0.1, 0.15) is 11.2 Å². The lowest BCUT2D eigenvalue weighted by atomic mass is 9.91. The molecule has 0 aromatic heterocycles. The fourth-order valence-electron chi connectivity index (χ4n) is 2.61. The molecule has 2 N–H and O–H groups in total. The molecule has 5 nitrogen and oxygen atoms in total. The van der Waals surface area contributed by atoms with E-state index in [0.29, 0.717) is 13.1 Å². The second kappa shape index (κ2) is 9.76. The Morgan fingerprint density at radius 1 is 0.889 bits per heavy atom. The van der Waals surface area contributed by atoms with Crippen molar-refractivity contribution >= 4 is 11.8 Å². The molecule has 2 rings (SSSR count). The molecule has 0 aliphatic heterocycles. The van der Waals surface area contributed by atoms with Crippen LogP contribution in [0, 0.1) is 5.41 Å². The summed E-state index contributed by atoms with van der Waals surface area (Å²) >= 11 is 0. The van der Waals surface area contributed by atoms with Crippen molar-refractivity contribution in [2.75, 3.05) is 13.7 Å². The minimum absolute atomic E-state index is 0.261. The molecule has 2 amide bonds. The van der Waals surface area contributed by atoms with Crippen LogP contribution >= 0.6 is 0 Å². The number of hydrogen-bond donors (Lipinski definition) is 2. The Labute approximate surface area is 161 Å². The van der Waals surface area contributed by atoms with Gasteiger partial charge in [0.15, 0.2) is 0 Å². The first-order valence-corrected chi connectivity index (χ1v) is 9.17. The van der Waals surface area contributed by atoms with Gasteiger partial charge in [0, 0.05) is 13.1 Å². The van der Waals surface area contributed by atoms with E-state index < -0.39 is 5.41 Å². The Morgan fingerprint density at radius 2 is 1.52 bits per heavy atom. The lowest BCUT2D eigenvalue weighted by Crippen LogP contribution is -2.47. The molecule has 5 heteroatoms. The molecule has 0 saturated heterocycles. The second-order valence-corrected chi connectivity index (χ2v) is 7.00. The fraction of sp³-hybridized carbons (Fsp3) is 0.364. The first kappa shape index (κ1) is 20.5. The number of carbonyl (C=O) groups excluding carboxylic acids is 2. The van der Waals surface area contributed by atoms with Crippen LogP contribution in [0.2, 0.25) is 0 Å². The summed E-state index contributed by atoms with van der Waals surface area (Å²) < 4.78 is 5.12. The molecule has 0 unspecified atom stereocenters. The predicted octanol–water partition coefficient (Wildman–Crippen LogP) is 3.09. The maximum atomic E-state index is 12.5. The molecule has 2 aromatic rings. The zero-order valence-electron chi connectivity index (χ0n) is 16.2. The van der Waals surface area contributed by atoms with Crippen molar-refractivity contribution in [2.24, 2.45) is 5.41 Å². The van der Waals surface area contributed by atoms with Crippen molar-refractivity contribution in [3.8, 4) is 5.75 Å². The van der Waals surface area contributed by atoms with E-state index >= 15 is 0 Å². The number of aryl methyl sites for hydroxylation is 1. The maximum Gasteiger partial charge on any atom is 0.235 e. The Bertz CT molecular complexity index is 740. The van der Waals surface area contributed by atoms with E-state index in [4.69, 9.17) is 4.74 Å². The second-order valence-electron chi connectivity index (χ2n) is 7.00. The normalized spacial score (nSPS) is 10.9. The lowest BCUT2D eigenvalue weighted by molar-refractivity contribution is -0.141. The Hall–Kier alpha value is -2.82. The highest BCUT2D eigenvalue weighted by Crippen LogP contribution is 2.17. The van der Waals surface area contributed by atoms with Crippen LogP contribution in [0.3, 0.4) is 0 Å². The summed E-state index contributed by atoms with van der Waals surface area (Å²) in [5, 5.41) is 5.70. The molecule has 27 heavy (non-hydrogen) atoms. The molecule has 0 radical (unpaired) electrons. The number of benzene rings is 2. The van der Waals surface area contributed by atoms with Gasteiger partial charge < -0.3 is 15.4 Å². The van der Waals surface area contributed by atoms with E-state index in [-0.39, 0.29) is 11.8 Å². The van der Waals surface area contributed by atoms with Crippen LogP contribution in [0.5, 0.6) is 5.75 Å². The minimum atomic E-state index is -1.13. The molecule has 0 spiro atoms. The average Bonchev–Trinajstić information content (AvgIpc) is 2.70. The topological polar surface area (TPSA) is 67.4 Å². The highest BCUT2D eigenvalue weighted by atomic mass is 16.5. The monoisotopic (exact) mass is 368 g/mol. The Kier molecular flexibility index (Phi) is 7.41. The van der Waals surface area contributed by atoms with E-state index in [1.807, 2.05) is 42.5 Å². The van der Waals surface area contributed by atoms with E-state index in [2.05, 4.69) is 22.8 Å². The van der Waals surface area contributed by atoms with Crippen molar-refractivity contribution in [1.29, 1.82) is 0 Å². The first-order chi connectivity index (χ1) is 12.9. The van der Waals surface area contributed by atoms with E-state index in [1.54, 1.807) is 21.0 Å². The Morgan fingerprint density at radius 3 is 2.15 bits per heavy atom. The smallest absolute Gasteiger partial charge is 0.235 e. The molecular formula is C22H28N2O3. The number of ether oxygens (including phenoxy) is 1. The zero-order chi connectivity index (χ0) is 19.7. The van der Waals surface area contributed by atoms with Gasteiger partial charge in [0.2, 0.25) is 11.8 Å². The number of amides is 2. The number of rotatable bonds is 9. The van der Waals surface area contributed by atoms with E-state index in [9.17, 15) is 9.59 Å². The van der Waals surface area contributed by atoms with Gasteiger partial charge in [-0.25, -0.2) is 0 Å². The van der Waals surface area contributed by atoms with Gasteiger partial charge in [0.05, 0.1) is 7.11 Å². The molecule has 0 heterocycles. The van der Waals surface area contributed by atoms with Gasteiger partial charge in [-0.2, -0.15) is 0 Å². The standard InChI is InChI=1S/C22H28N2O3/c1-22(2,20(25)23-15-7-10-17-8-5-4-6-9-17)21(26)24-16-18-11-13-19(27-3)14-12-18/h4-6,8-9,11-14H,7,10,15-16H2,1-3H3,(H,23,25)(H,24,26). The highest BCUT2D eigenvalue weighted by Gasteiger charge is 2.35. The van der Waals surface area contributed by atoms with Crippen molar-refractivity contribution < 1.29 is 14.3 Å². The van der Waals surface area contributed by atoms with Gasteiger partial charge in [-0.05, 0) is 49.9 Å². The fourth-order valence-corrected chi connectivity index (χ4v) is 2.61. The maximum absolute atomic E-state index is 12.5. The van der Waals surface area contributed by atoms with Crippen molar-refractivity contribution in [3.63, 3.8) is 0 Å². The third kappa shape index (κ3) is 6.13. The first-order valence-electron chi connectivity index (χ1n) is 9.17. The molecule has 2 aromatic carbocycles. The van der Waals surface area contributed by atoms with Crippen LogP contribution < -0.4 is 15.4 Å². The molecule has 0 atom stereocenters. The number of hydrogen-bond acceptors (Lipinski definition) is 3. The summed E-state index contributed by atoms with van der Waals surface area (Å²) in [6, 6.07) is 17.6. The SMILES string of the molecule is COc1ccc(CNC(=O)C(C)(C)C(=O)NCCCc2ccccc2)cc1. The lowest BCUT2D eigenvalue weighted by Gasteiger charge is -2.22.